The third kappa shape index (κ3) is 2.88. The Labute approximate surface area is 176 Å². The van der Waals surface area contributed by atoms with Crippen LogP contribution in [0.1, 0.15) is 30.5 Å². The zero-order chi connectivity index (χ0) is 20.7. The van der Waals surface area contributed by atoms with Crippen LogP contribution in [-0.4, -0.2) is 41.6 Å². The molecule has 5 heteroatoms. The number of amides is 1. The molecule has 2 saturated heterocycles. The Morgan fingerprint density at radius 3 is 2.37 bits per heavy atom. The highest BCUT2D eigenvalue weighted by atomic mass is 16.6. The van der Waals surface area contributed by atoms with E-state index in [2.05, 4.69) is 0 Å². The van der Waals surface area contributed by atoms with Gasteiger partial charge in [-0.25, -0.2) is 0 Å². The number of fused-ring (bicyclic) bond motifs is 1. The molecule has 30 heavy (non-hydrogen) atoms. The third-order valence-electron chi connectivity index (χ3n) is 6.39. The number of benzene rings is 2. The monoisotopic (exact) mass is 403 g/mol. The molecular formula is C25H25NO4. The molecule has 2 aromatic carbocycles. The molecule has 0 aromatic heterocycles. The quantitative estimate of drug-likeness (QED) is 0.547. The first-order chi connectivity index (χ1) is 14.6. The zero-order valence-electron chi connectivity index (χ0n) is 16.9. The molecule has 0 radical (unpaired) electrons. The molecule has 5 nitrogen and oxygen atoms in total. The topological polar surface area (TPSA) is 55.8 Å². The number of rotatable bonds is 6. The van der Waals surface area contributed by atoms with Gasteiger partial charge in [-0.2, -0.15) is 0 Å². The largest absolute Gasteiger partial charge is 0.465 e. The molecule has 1 spiro atoms. The van der Waals surface area contributed by atoms with E-state index in [9.17, 15) is 9.59 Å². The van der Waals surface area contributed by atoms with E-state index in [1.54, 1.807) is 0 Å². The van der Waals surface area contributed by atoms with E-state index in [-0.39, 0.29) is 24.0 Å². The summed E-state index contributed by atoms with van der Waals surface area (Å²) in [6.07, 6.45) is 4.28. The molecule has 2 aromatic rings. The molecule has 3 heterocycles. The van der Waals surface area contributed by atoms with Crippen LogP contribution in [0.4, 0.5) is 0 Å². The Bertz CT molecular complexity index is 934. The van der Waals surface area contributed by atoms with Crippen LogP contribution in [0.3, 0.4) is 0 Å². The summed E-state index contributed by atoms with van der Waals surface area (Å²) in [4.78, 5) is 28.4. The number of hydrogen-bond donors (Lipinski definition) is 0. The smallest absolute Gasteiger partial charge is 0.312 e. The summed E-state index contributed by atoms with van der Waals surface area (Å²) in [6.45, 7) is 2.74. The zero-order valence-corrected chi connectivity index (χ0v) is 16.9. The van der Waals surface area contributed by atoms with Crippen molar-refractivity contribution < 1.29 is 19.1 Å². The molecule has 3 aliphatic heterocycles. The van der Waals surface area contributed by atoms with Gasteiger partial charge in [0.1, 0.15) is 11.5 Å². The van der Waals surface area contributed by atoms with Gasteiger partial charge in [0, 0.05) is 0 Å². The second-order valence-corrected chi connectivity index (χ2v) is 8.26. The molecule has 0 unspecified atom stereocenters. The third-order valence-corrected chi connectivity index (χ3v) is 6.39. The maximum absolute atomic E-state index is 13.8. The summed E-state index contributed by atoms with van der Waals surface area (Å²) in [5.41, 5.74) is 1.33. The van der Waals surface area contributed by atoms with Crippen LogP contribution in [0.5, 0.6) is 0 Å². The van der Waals surface area contributed by atoms with Crippen molar-refractivity contribution in [2.24, 2.45) is 11.8 Å². The van der Waals surface area contributed by atoms with Gasteiger partial charge in [0.05, 0.1) is 31.2 Å². The first-order valence-electron chi connectivity index (χ1n) is 10.6. The summed E-state index contributed by atoms with van der Waals surface area (Å²) in [7, 11) is 0. The van der Waals surface area contributed by atoms with Gasteiger partial charge in [0.2, 0.25) is 5.91 Å². The van der Waals surface area contributed by atoms with Crippen molar-refractivity contribution in [1.82, 2.24) is 4.90 Å². The van der Waals surface area contributed by atoms with Crippen LogP contribution in [0.2, 0.25) is 0 Å². The number of likely N-dealkylation sites (tertiary alicyclic amines) is 1. The lowest BCUT2D eigenvalue weighted by Gasteiger charge is -2.31. The van der Waals surface area contributed by atoms with Crippen LogP contribution in [-0.2, 0) is 19.1 Å². The van der Waals surface area contributed by atoms with Crippen molar-refractivity contribution in [1.29, 1.82) is 0 Å². The second kappa shape index (κ2) is 7.40. The molecule has 1 amide bonds. The number of hydrogen-bond acceptors (Lipinski definition) is 4. The molecular weight excluding hydrogens is 378 g/mol. The van der Waals surface area contributed by atoms with Crippen LogP contribution in [0.15, 0.2) is 72.8 Å². The van der Waals surface area contributed by atoms with Crippen LogP contribution in [0.25, 0.3) is 0 Å². The molecule has 2 fully saturated rings. The fourth-order valence-electron chi connectivity index (χ4n) is 5.14. The van der Waals surface area contributed by atoms with E-state index in [4.69, 9.17) is 9.47 Å². The van der Waals surface area contributed by atoms with Gasteiger partial charge in [0.15, 0.2) is 0 Å². The highest BCUT2D eigenvalue weighted by Gasteiger charge is 2.68. The second-order valence-electron chi connectivity index (χ2n) is 8.26. The van der Waals surface area contributed by atoms with Crippen molar-refractivity contribution in [3.05, 3.63) is 83.9 Å². The van der Waals surface area contributed by atoms with Gasteiger partial charge in [-0.05, 0) is 17.5 Å². The van der Waals surface area contributed by atoms with Gasteiger partial charge in [-0.15, -0.1) is 0 Å². The number of carbonyl (C=O) groups excluding carboxylic acids is 2. The van der Waals surface area contributed by atoms with Gasteiger partial charge >= 0.3 is 5.97 Å². The molecule has 2 bridgehead atoms. The van der Waals surface area contributed by atoms with E-state index in [0.717, 1.165) is 17.5 Å². The minimum Gasteiger partial charge on any atom is -0.465 e. The fraction of sp³-hybridized carbons (Fsp3) is 0.360. The molecule has 154 valence electrons. The number of carbonyl (C=O) groups is 2. The van der Waals surface area contributed by atoms with E-state index in [1.165, 1.54) is 0 Å². The van der Waals surface area contributed by atoms with Gasteiger partial charge < -0.3 is 14.4 Å². The Morgan fingerprint density at radius 1 is 1.13 bits per heavy atom. The van der Waals surface area contributed by atoms with Gasteiger partial charge in [0.25, 0.3) is 0 Å². The predicted molar refractivity (Wildman–Crippen MR) is 111 cm³/mol. The van der Waals surface area contributed by atoms with Gasteiger partial charge in [-0.1, -0.05) is 79.7 Å². The highest BCUT2D eigenvalue weighted by molar-refractivity contribution is 5.91. The Kier molecular flexibility index (Phi) is 4.70. The van der Waals surface area contributed by atoms with Crippen LogP contribution in [0, 0.1) is 11.8 Å². The normalized spacial score (nSPS) is 28.9. The van der Waals surface area contributed by atoms with Crippen molar-refractivity contribution in [2.45, 2.75) is 31.1 Å². The maximum atomic E-state index is 13.8. The first-order valence-corrected chi connectivity index (χ1v) is 10.6. The van der Waals surface area contributed by atoms with Crippen molar-refractivity contribution in [3.63, 3.8) is 0 Å². The fourth-order valence-corrected chi connectivity index (χ4v) is 5.14. The molecule has 0 aliphatic carbocycles. The summed E-state index contributed by atoms with van der Waals surface area (Å²) in [5, 5.41) is 0. The maximum Gasteiger partial charge on any atom is 0.312 e. The molecule has 0 saturated carbocycles. The molecule has 0 N–H and O–H groups in total. The summed E-state index contributed by atoms with van der Waals surface area (Å²) in [5.74, 6) is -1.49. The average Bonchev–Trinajstić information content (AvgIpc) is 3.42. The predicted octanol–water partition coefficient (Wildman–Crippen LogP) is 3.51. The lowest BCUT2D eigenvalue weighted by atomic mass is 9.77. The first kappa shape index (κ1) is 19.1. The van der Waals surface area contributed by atoms with Crippen molar-refractivity contribution in [3.8, 4) is 0 Å². The van der Waals surface area contributed by atoms with E-state index in [0.29, 0.717) is 13.2 Å². The standard InChI is InChI=1S/C25H25NO4/c1-2-15-29-24(28)20-19-13-14-25(30-19)16-26(23(27)21(20)25)22(17-9-5-3-6-10-17)18-11-7-4-8-12-18/h3-14,19-22H,2,15-16H2,1H3/t19-,20-,21-,25+/m0/s1. The Hall–Kier alpha value is -2.92. The average molecular weight is 403 g/mol. The summed E-state index contributed by atoms with van der Waals surface area (Å²) >= 11 is 0. The lowest BCUT2D eigenvalue weighted by molar-refractivity contribution is -0.154. The molecule has 5 rings (SSSR count). The molecule has 3 aliphatic rings. The van der Waals surface area contributed by atoms with Crippen LogP contribution < -0.4 is 0 Å². The van der Waals surface area contributed by atoms with E-state index >= 15 is 0 Å². The number of ether oxygens (including phenoxy) is 2. The van der Waals surface area contributed by atoms with Crippen LogP contribution >= 0.6 is 0 Å². The summed E-state index contributed by atoms with van der Waals surface area (Å²) in [6, 6.07) is 19.8. The minimum atomic E-state index is -0.751. The van der Waals surface area contributed by atoms with Crippen molar-refractivity contribution >= 4 is 11.9 Å². The van der Waals surface area contributed by atoms with E-state index in [1.807, 2.05) is 84.6 Å². The van der Waals surface area contributed by atoms with E-state index < -0.39 is 17.4 Å². The summed E-state index contributed by atoms with van der Waals surface area (Å²) < 4.78 is 11.7. The number of nitrogens with zero attached hydrogens (tertiary/aromatic N) is 1. The van der Waals surface area contributed by atoms with Crippen molar-refractivity contribution in [2.75, 3.05) is 13.2 Å². The number of esters is 1. The minimum absolute atomic E-state index is 0.0435. The lowest BCUT2D eigenvalue weighted by Crippen LogP contribution is -2.40. The molecule has 4 atom stereocenters. The SMILES string of the molecule is CCCOC(=O)[C@H]1[C@@H]2C=C[C@]3(CN(C(c4ccccc4)c4ccccc4)C(=O)[C@H]13)O2. The Balaban J connectivity index is 1.52. The Morgan fingerprint density at radius 2 is 1.77 bits per heavy atom. The highest BCUT2D eigenvalue weighted by Crippen LogP contribution is 2.54. The van der Waals surface area contributed by atoms with Gasteiger partial charge in [-0.3, -0.25) is 9.59 Å².